The van der Waals surface area contributed by atoms with Crippen molar-refractivity contribution in [3.05, 3.63) is 33.4 Å². The smallest absolute Gasteiger partial charge is 0.335 e. The zero-order valence-electron chi connectivity index (χ0n) is 7.41. The largest absolute Gasteiger partial charge is 0.478 e. The number of rotatable bonds is 3. The van der Waals surface area contributed by atoms with Gasteiger partial charge in [-0.15, -0.1) is 0 Å². The van der Waals surface area contributed by atoms with Crippen LogP contribution < -0.4 is 0 Å². The van der Waals surface area contributed by atoms with Crippen molar-refractivity contribution in [1.29, 1.82) is 0 Å². The van der Waals surface area contributed by atoms with Crippen molar-refractivity contribution in [2.75, 3.05) is 0 Å². The van der Waals surface area contributed by atoms with Crippen molar-refractivity contribution in [1.82, 2.24) is 0 Å². The van der Waals surface area contributed by atoms with Gasteiger partial charge in [0, 0.05) is 16.6 Å². The molecular formula is C8H7NO6. The lowest BCUT2D eigenvalue weighted by Gasteiger charge is -2.11. The van der Waals surface area contributed by atoms with Crippen LogP contribution in [0.25, 0.3) is 0 Å². The predicted molar refractivity (Wildman–Crippen MR) is 46.8 cm³/mol. The molecule has 2 N–H and O–H groups in total. The molecule has 0 amide bonds. The van der Waals surface area contributed by atoms with E-state index >= 15 is 0 Å². The Kier molecular flexibility index (Phi) is 2.84. The minimum Gasteiger partial charge on any atom is -0.478 e. The standard InChI is InChI=1S/C8H7NO6/c10-7(11)4-1-5(8(12)13)3-6(2-4)9(14)15/h1-2,6H,3H2,(H,10,11)(H,12,13). The molecule has 1 atom stereocenters. The molecule has 15 heavy (non-hydrogen) atoms. The van der Waals surface area contributed by atoms with Gasteiger partial charge in [0.05, 0.1) is 12.0 Å². The number of hydrogen-bond acceptors (Lipinski definition) is 4. The van der Waals surface area contributed by atoms with Gasteiger partial charge in [-0.05, 0) is 6.08 Å². The van der Waals surface area contributed by atoms with Gasteiger partial charge >= 0.3 is 11.9 Å². The first-order valence-electron chi connectivity index (χ1n) is 3.94. The Balaban J connectivity index is 3.07. The summed E-state index contributed by atoms with van der Waals surface area (Å²) in [5.74, 6) is -2.71. The second-order valence-corrected chi connectivity index (χ2v) is 2.96. The van der Waals surface area contributed by atoms with Gasteiger partial charge in [-0.25, -0.2) is 9.59 Å². The lowest BCUT2D eigenvalue weighted by atomic mass is 9.96. The summed E-state index contributed by atoms with van der Waals surface area (Å²) in [6, 6.07) is -1.28. The van der Waals surface area contributed by atoms with E-state index in [2.05, 4.69) is 0 Å². The molecule has 0 aromatic carbocycles. The molecule has 0 spiro atoms. The fourth-order valence-electron chi connectivity index (χ4n) is 1.20. The molecule has 0 aromatic heterocycles. The van der Waals surface area contributed by atoms with Crippen LogP contribution in [0.3, 0.4) is 0 Å². The molecule has 1 unspecified atom stereocenters. The molecule has 0 heterocycles. The first-order chi connectivity index (χ1) is 6.91. The Labute approximate surface area is 83.5 Å². The summed E-state index contributed by atoms with van der Waals surface area (Å²) in [6.45, 7) is 0. The summed E-state index contributed by atoms with van der Waals surface area (Å²) >= 11 is 0. The summed E-state index contributed by atoms with van der Waals surface area (Å²) in [6.07, 6.45) is 1.58. The van der Waals surface area contributed by atoms with Gasteiger partial charge in [-0.2, -0.15) is 0 Å². The maximum atomic E-state index is 10.6. The van der Waals surface area contributed by atoms with Crippen LogP contribution >= 0.6 is 0 Å². The van der Waals surface area contributed by atoms with Crippen LogP contribution in [0.15, 0.2) is 23.3 Å². The monoisotopic (exact) mass is 213 g/mol. The van der Waals surface area contributed by atoms with E-state index in [0.29, 0.717) is 0 Å². The summed E-state index contributed by atoms with van der Waals surface area (Å²) in [5.41, 5.74) is -0.628. The summed E-state index contributed by atoms with van der Waals surface area (Å²) in [7, 11) is 0. The number of carboxylic acids is 2. The first kappa shape index (κ1) is 10.9. The van der Waals surface area contributed by atoms with E-state index in [1.165, 1.54) is 0 Å². The molecule has 0 saturated carbocycles. The Hall–Kier alpha value is -2.18. The molecule has 1 rings (SSSR count). The lowest BCUT2D eigenvalue weighted by Crippen LogP contribution is -2.24. The fourth-order valence-corrected chi connectivity index (χ4v) is 1.20. The third-order valence-electron chi connectivity index (χ3n) is 1.92. The quantitative estimate of drug-likeness (QED) is 0.505. The van der Waals surface area contributed by atoms with Crippen LogP contribution in [0.1, 0.15) is 6.42 Å². The Morgan fingerprint density at radius 3 is 2.40 bits per heavy atom. The van der Waals surface area contributed by atoms with Gasteiger partial charge in [0.1, 0.15) is 0 Å². The van der Waals surface area contributed by atoms with Crippen molar-refractivity contribution in [2.24, 2.45) is 0 Å². The third kappa shape index (κ3) is 2.39. The van der Waals surface area contributed by atoms with Gasteiger partial charge in [0.25, 0.3) is 0 Å². The maximum absolute atomic E-state index is 10.6. The predicted octanol–water partition coefficient (Wildman–Crippen LogP) is 0.0574. The zero-order valence-corrected chi connectivity index (χ0v) is 7.41. The Bertz CT molecular complexity index is 394. The number of hydrogen-bond donors (Lipinski definition) is 2. The Morgan fingerprint density at radius 2 is 2.00 bits per heavy atom. The molecule has 1 aliphatic carbocycles. The fraction of sp³-hybridized carbons (Fsp3) is 0.250. The van der Waals surface area contributed by atoms with Crippen LogP contribution in [-0.2, 0) is 9.59 Å². The van der Waals surface area contributed by atoms with Crippen molar-refractivity contribution in [2.45, 2.75) is 12.5 Å². The third-order valence-corrected chi connectivity index (χ3v) is 1.92. The van der Waals surface area contributed by atoms with E-state index in [1.807, 2.05) is 0 Å². The van der Waals surface area contributed by atoms with Gasteiger partial charge in [-0.3, -0.25) is 10.1 Å². The van der Waals surface area contributed by atoms with E-state index in [4.69, 9.17) is 10.2 Å². The van der Waals surface area contributed by atoms with Gasteiger partial charge < -0.3 is 10.2 Å². The average molecular weight is 213 g/mol. The number of nitrogens with zero attached hydrogens (tertiary/aromatic N) is 1. The summed E-state index contributed by atoms with van der Waals surface area (Å²) in [4.78, 5) is 30.9. The molecule has 1 aliphatic rings. The first-order valence-corrected chi connectivity index (χ1v) is 3.94. The highest BCUT2D eigenvalue weighted by molar-refractivity contribution is 5.95. The molecular weight excluding hydrogens is 206 g/mol. The molecule has 0 radical (unpaired) electrons. The topological polar surface area (TPSA) is 118 Å². The van der Waals surface area contributed by atoms with Crippen LogP contribution in [0.2, 0.25) is 0 Å². The summed E-state index contributed by atoms with van der Waals surface area (Å²) < 4.78 is 0. The minimum atomic E-state index is -1.37. The Morgan fingerprint density at radius 1 is 1.40 bits per heavy atom. The second kappa shape index (κ2) is 3.91. The lowest BCUT2D eigenvalue weighted by molar-refractivity contribution is -0.508. The average Bonchev–Trinajstić information content (AvgIpc) is 2.16. The normalized spacial score (nSPS) is 20.1. The van der Waals surface area contributed by atoms with E-state index < -0.39 is 22.9 Å². The molecule has 0 saturated heterocycles. The minimum absolute atomic E-state index is 0.267. The number of nitro groups is 1. The molecule has 80 valence electrons. The summed E-state index contributed by atoms with van der Waals surface area (Å²) in [5, 5.41) is 27.7. The van der Waals surface area contributed by atoms with E-state index in [-0.39, 0.29) is 17.6 Å². The van der Waals surface area contributed by atoms with Crippen LogP contribution in [0.5, 0.6) is 0 Å². The molecule has 7 heteroatoms. The van der Waals surface area contributed by atoms with Crippen molar-refractivity contribution in [3.8, 4) is 0 Å². The van der Waals surface area contributed by atoms with Crippen molar-refractivity contribution >= 4 is 11.9 Å². The SMILES string of the molecule is O=C(O)C1=CC([N+](=O)[O-])CC(C(=O)O)=C1. The highest BCUT2D eigenvalue weighted by atomic mass is 16.6. The highest BCUT2D eigenvalue weighted by Crippen LogP contribution is 2.20. The van der Waals surface area contributed by atoms with E-state index in [9.17, 15) is 19.7 Å². The van der Waals surface area contributed by atoms with Gasteiger partial charge in [-0.1, -0.05) is 0 Å². The van der Waals surface area contributed by atoms with Gasteiger partial charge in [0.2, 0.25) is 6.04 Å². The number of carbonyl (C=O) groups is 2. The molecule has 0 fully saturated rings. The van der Waals surface area contributed by atoms with Crippen molar-refractivity contribution < 1.29 is 24.7 Å². The maximum Gasteiger partial charge on any atom is 0.335 e. The molecule has 0 aromatic rings. The molecule has 0 bridgehead atoms. The van der Waals surface area contributed by atoms with E-state index in [0.717, 1.165) is 12.2 Å². The number of aliphatic carboxylic acids is 2. The highest BCUT2D eigenvalue weighted by Gasteiger charge is 2.28. The number of carboxylic acid groups (broad SMARTS) is 2. The van der Waals surface area contributed by atoms with E-state index in [1.54, 1.807) is 0 Å². The van der Waals surface area contributed by atoms with Crippen LogP contribution in [0.4, 0.5) is 0 Å². The van der Waals surface area contributed by atoms with Crippen LogP contribution in [-0.4, -0.2) is 33.1 Å². The van der Waals surface area contributed by atoms with Gasteiger partial charge in [0.15, 0.2) is 0 Å². The van der Waals surface area contributed by atoms with Crippen molar-refractivity contribution in [3.63, 3.8) is 0 Å². The second-order valence-electron chi connectivity index (χ2n) is 2.96. The molecule has 7 nitrogen and oxygen atoms in total. The molecule has 0 aliphatic heterocycles. The van der Waals surface area contributed by atoms with Crippen LogP contribution in [0, 0.1) is 10.1 Å². The zero-order chi connectivity index (χ0) is 11.6.